The molecule has 136 valence electrons. The molecule has 2 N–H and O–H groups in total. The quantitative estimate of drug-likeness (QED) is 0.581. The van der Waals surface area contributed by atoms with E-state index in [-0.39, 0.29) is 6.10 Å². The van der Waals surface area contributed by atoms with Gasteiger partial charge in [0.05, 0.1) is 24.9 Å². The van der Waals surface area contributed by atoms with E-state index < -0.39 is 0 Å². The van der Waals surface area contributed by atoms with Crippen LogP contribution in [0, 0.1) is 0 Å². The summed E-state index contributed by atoms with van der Waals surface area (Å²) in [6.07, 6.45) is 2.35. The van der Waals surface area contributed by atoms with Gasteiger partial charge in [-0.2, -0.15) is 0 Å². The lowest BCUT2D eigenvalue weighted by molar-refractivity contribution is -0.0161. The second kappa shape index (κ2) is 9.64. The van der Waals surface area contributed by atoms with Crippen LogP contribution in [-0.4, -0.2) is 62.5 Å². The van der Waals surface area contributed by atoms with Crippen molar-refractivity contribution in [1.82, 2.24) is 20.7 Å². The number of hydrogen-bond donors (Lipinski definition) is 2. The van der Waals surface area contributed by atoms with Crippen LogP contribution in [0.2, 0.25) is 0 Å². The average molecular weight is 337 g/mol. The van der Waals surface area contributed by atoms with Crippen molar-refractivity contribution in [2.45, 2.75) is 45.3 Å². The first kappa shape index (κ1) is 18.7. The Balaban J connectivity index is 1.77. The molecule has 1 fully saturated rings. The highest BCUT2D eigenvalue weighted by Gasteiger charge is 2.18. The molecule has 2 rings (SSSR count). The number of ether oxygens (including phenoxy) is 1. The Labute approximate surface area is 144 Å². The van der Waals surface area contributed by atoms with Crippen molar-refractivity contribution in [3.8, 4) is 0 Å². The molecule has 1 aliphatic heterocycles. The molecule has 0 bridgehead atoms. The second-order valence-corrected chi connectivity index (χ2v) is 6.29. The van der Waals surface area contributed by atoms with Crippen molar-refractivity contribution in [2.75, 3.05) is 40.3 Å². The maximum Gasteiger partial charge on any atom is 0.191 e. The van der Waals surface area contributed by atoms with E-state index in [2.05, 4.69) is 46.6 Å². The molecule has 0 radical (unpaired) electrons. The molecule has 0 aromatic carbocycles. The predicted molar refractivity (Wildman–Crippen MR) is 95.3 cm³/mol. The zero-order valence-corrected chi connectivity index (χ0v) is 15.3. The minimum absolute atomic E-state index is 0.189. The molecule has 2 heterocycles. The molecule has 1 atom stereocenters. The number of guanidine groups is 1. The molecule has 0 amide bonds. The first-order valence-electron chi connectivity index (χ1n) is 8.86. The number of morpholine rings is 1. The van der Waals surface area contributed by atoms with Crippen molar-refractivity contribution in [1.29, 1.82) is 0 Å². The third-order valence-corrected chi connectivity index (χ3v) is 4.47. The summed E-state index contributed by atoms with van der Waals surface area (Å²) in [5, 5.41) is 10.8. The number of nitrogens with zero attached hydrogens (tertiary/aromatic N) is 3. The van der Waals surface area contributed by atoms with Gasteiger partial charge in [0.2, 0.25) is 0 Å². The summed E-state index contributed by atoms with van der Waals surface area (Å²) in [7, 11) is 3.88. The topological polar surface area (TPSA) is 74.9 Å². The van der Waals surface area contributed by atoms with Gasteiger partial charge in [-0.05, 0) is 19.9 Å². The Kier molecular flexibility index (Phi) is 7.52. The van der Waals surface area contributed by atoms with Gasteiger partial charge in [-0.1, -0.05) is 19.0 Å². The van der Waals surface area contributed by atoms with E-state index in [0.717, 1.165) is 56.5 Å². The van der Waals surface area contributed by atoms with Crippen LogP contribution < -0.4 is 10.6 Å². The fourth-order valence-electron chi connectivity index (χ4n) is 2.90. The summed E-state index contributed by atoms with van der Waals surface area (Å²) in [6.45, 7) is 8.37. The van der Waals surface area contributed by atoms with E-state index in [1.165, 1.54) is 0 Å². The molecule has 0 spiro atoms. The van der Waals surface area contributed by atoms with Gasteiger partial charge in [-0.3, -0.25) is 4.99 Å². The molecule has 24 heavy (non-hydrogen) atoms. The second-order valence-electron chi connectivity index (χ2n) is 6.29. The van der Waals surface area contributed by atoms with E-state index in [0.29, 0.717) is 12.5 Å². The lowest BCUT2D eigenvalue weighted by atomic mass is 9.99. The Morgan fingerprint density at radius 2 is 2.21 bits per heavy atom. The van der Waals surface area contributed by atoms with Gasteiger partial charge in [0, 0.05) is 38.7 Å². The lowest BCUT2D eigenvalue weighted by Crippen LogP contribution is -2.48. The van der Waals surface area contributed by atoms with Crippen LogP contribution in [0.25, 0.3) is 0 Å². The fourth-order valence-corrected chi connectivity index (χ4v) is 2.90. The molecular formula is C17H31N5O2. The van der Waals surface area contributed by atoms with E-state index in [1.54, 1.807) is 7.05 Å². The van der Waals surface area contributed by atoms with Crippen LogP contribution in [0.15, 0.2) is 15.6 Å². The molecule has 1 aromatic heterocycles. The van der Waals surface area contributed by atoms with Crippen molar-refractivity contribution >= 4 is 5.96 Å². The molecule has 0 saturated carbocycles. The van der Waals surface area contributed by atoms with Crippen molar-refractivity contribution in [2.24, 2.45) is 4.99 Å². The first-order chi connectivity index (χ1) is 11.7. The predicted octanol–water partition coefficient (Wildman–Crippen LogP) is 1.57. The molecule has 1 unspecified atom stereocenters. The Morgan fingerprint density at radius 3 is 2.88 bits per heavy atom. The molecule has 1 saturated heterocycles. The highest BCUT2D eigenvalue weighted by atomic mass is 16.5. The highest BCUT2D eigenvalue weighted by molar-refractivity contribution is 5.79. The summed E-state index contributed by atoms with van der Waals surface area (Å²) in [5.41, 5.74) is 1.04. The molecule has 7 nitrogen and oxygen atoms in total. The summed E-state index contributed by atoms with van der Waals surface area (Å²) < 4.78 is 11.2. The maximum atomic E-state index is 5.74. The Hall–Kier alpha value is -1.60. The molecule has 7 heteroatoms. The summed E-state index contributed by atoms with van der Waals surface area (Å²) >= 11 is 0. The number of likely N-dealkylation sites (N-methyl/N-ethyl adjacent to an activating group) is 1. The van der Waals surface area contributed by atoms with Crippen molar-refractivity contribution in [3.63, 3.8) is 0 Å². The van der Waals surface area contributed by atoms with Crippen LogP contribution in [0.4, 0.5) is 0 Å². The number of rotatable bonds is 7. The van der Waals surface area contributed by atoms with Gasteiger partial charge in [-0.25, -0.2) is 0 Å². The molecular weight excluding hydrogens is 306 g/mol. The average Bonchev–Trinajstić information content (AvgIpc) is 3.05. The summed E-state index contributed by atoms with van der Waals surface area (Å²) in [4.78, 5) is 6.52. The maximum absolute atomic E-state index is 5.74. The highest BCUT2D eigenvalue weighted by Crippen LogP contribution is 2.22. The van der Waals surface area contributed by atoms with Gasteiger partial charge in [0.25, 0.3) is 0 Å². The number of aromatic nitrogens is 1. The van der Waals surface area contributed by atoms with Crippen LogP contribution in [0.1, 0.15) is 44.1 Å². The largest absolute Gasteiger partial charge is 0.374 e. The zero-order valence-electron chi connectivity index (χ0n) is 15.3. The third kappa shape index (κ3) is 5.49. The van der Waals surface area contributed by atoms with E-state index in [4.69, 9.17) is 9.26 Å². The van der Waals surface area contributed by atoms with E-state index >= 15 is 0 Å². The SMILES string of the molecule is CCC(CC)c1cc(CNC(=NC)NCC2CN(C)CCO2)on1. The standard InChI is InChI=1S/C17H31N5O2/c1-5-13(6-2)16-9-14(24-21-16)10-19-17(18-3)20-11-15-12-22(4)7-8-23-15/h9,13,15H,5-8,10-12H2,1-4H3,(H2,18,19,20). The number of nitrogens with one attached hydrogen (secondary N) is 2. The number of hydrogen-bond acceptors (Lipinski definition) is 5. The molecule has 0 aliphatic carbocycles. The molecule has 1 aromatic rings. The lowest BCUT2D eigenvalue weighted by Gasteiger charge is -2.30. The smallest absolute Gasteiger partial charge is 0.191 e. The normalized spacial score (nSPS) is 19.7. The minimum atomic E-state index is 0.189. The van der Waals surface area contributed by atoms with Crippen LogP contribution in [0.3, 0.4) is 0 Å². The van der Waals surface area contributed by atoms with Gasteiger partial charge >= 0.3 is 0 Å². The van der Waals surface area contributed by atoms with Crippen LogP contribution >= 0.6 is 0 Å². The van der Waals surface area contributed by atoms with Crippen LogP contribution in [0.5, 0.6) is 0 Å². The van der Waals surface area contributed by atoms with E-state index in [9.17, 15) is 0 Å². The monoisotopic (exact) mass is 337 g/mol. The zero-order chi connectivity index (χ0) is 17.4. The van der Waals surface area contributed by atoms with E-state index in [1.807, 2.05) is 6.07 Å². The van der Waals surface area contributed by atoms with Gasteiger partial charge in [-0.15, -0.1) is 0 Å². The van der Waals surface area contributed by atoms with Gasteiger partial charge < -0.3 is 24.8 Å². The molecule has 1 aliphatic rings. The fraction of sp³-hybridized carbons (Fsp3) is 0.765. The number of aliphatic imine (C=N–C) groups is 1. The summed E-state index contributed by atoms with van der Waals surface area (Å²) in [6, 6.07) is 2.04. The van der Waals surface area contributed by atoms with Gasteiger partial charge in [0.1, 0.15) is 0 Å². The van der Waals surface area contributed by atoms with Crippen LogP contribution in [-0.2, 0) is 11.3 Å². The Bertz CT molecular complexity index is 513. The third-order valence-electron chi connectivity index (χ3n) is 4.47. The summed E-state index contributed by atoms with van der Waals surface area (Å²) in [5.74, 6) is 2.04. The van der Waals surface area contributed by atoms with Crippen molar-refractivity contribution in [3.05, 3.63) is 17.5 Å². The van der Waals surface area contributed by atoms with Crippen molar-refractivity contribution < 1.29 is 9.26 Å². The first-order valence-corrected chi connectivity index (χ1v) is 8.86. The van der Waals surface area contributed by atoms with Gasteiger partial charge in [0.15, 0.2) is 11.7 Å². The Morgan fingerprint density at radius 1 is 1.42 bits per heavy atom. The minimum Gasteiger partial charge on any atom is -0.374 e.